The summed E-state index contributed by atoms with van der Waals surface area (Å²) in [6.45, 7) is 3.11. The molecule has 0 aliphatic carbocycles. The van der Waals surface area contributed by atoms with Crippen LogP contribution in [-0.2, 0) is 11.3 Å². The summed E-state index contributed by atoms with van der Waals surface area (Å²) in [4.78, 5) is 17.4. The molecule has 1 aromatic rings. The van der Waals surface area contributed by atoms with Gasteiger partial charge in [0, 0.05) is 44.4 Å². The number of anilines is 1. The molecule has 0 radical (unpaired) electrons. The SMILES string of the molecule is Nc1ncccc1CN1CCNC(=O)CC1. The van der Waals surface area contributed by atoms with E-state index in [-0.39, 0.29) is 5.91 Å². The van der Waals surface area contributed by atoms with Crippen LogP contribution in [0, 0.1) is 0 Å². The van der Waals surface area contributed by atoms with Gasteiger partial charge in [-0.1, -0.05) is 6.07 Å². The van der Waals surface area contributed by atoms with E-state index in [1.165, 1.54) is 0 Å². The standard InChI is InChI=1S/C11H16N4O/c12-11-9(2-1-4-14-11)8-15-6-3-10(16)13-5-7-15/h1-2,4H,3,5-8H2,(H2,12,14)(H,13,16). The van der Waals surface area contributed by atoms with Crippen molar-refractivity contribution < 1.29 is 4.79 Å². The number of nitrogen functional groups attached to an aromatic ring is 1. The van der Waals surface area contributed by atoms with E-state index >= 15 is 0 Å². The van der Waals surface area contributed by atoms with E-state index in [2.05, 4.69) is 15.2 Å². The second-order valence-electron chi connectivity index (χ2n) is 3.92. The first-order valence-corrected chi connectivity index (χ1v) is 5.44. The highest BCUT2D eigenvalue weighted by Crippen LogP contribution is 2.11. The van der Waals surface area contributed by atoms with Crippen molar-refractivity contribution in [2.24, 2.45) is 0 Å². The largest absolute Gasteiger partial charge is 0.383 e. The van der Waals surface area contributed by atoms with E-state index in [1.54, 1.807) is 6.20 Å². The van der Waals surface area contributed by atoms with Crippen LogP contribution in [0.3, 0.4) is 0 Å². The predicted molar refractivity (Wildman–Crippen MR) is 61.6 cm³/mol. The fraction of sp³-hybridized carbons (Fsp3) is 0.455. The number of carbonyl (C=O) groups excluding carboxylic acids is 1. The third kappa shape index (κ3) is 2.70. The fourth-order valence-corrected chi connectivity index (χ4v) is 1.80. The van der Waals surface area contributed by atoms with E-state index in [0.717, 1.165) is 25.2 Å². The van der Waals surface area contributed by atoms with Crippen LogP contribution in [0.25, 0.3) is 0 Å². The smallest absolute Gasteiger partial charge is 0.221 e. The molecule has 1 saturated heterocycles. The Hall–Kier alpha value is -1.62. The van der Waals surface area contributed by atoms with Gasteiger partial charge in [-0.3, -0.25) is 9.69 Å². The maximum Gasteiger partial charge on any atom is 0.221 e. The highest BCUT2D eigenvalue weighted by Gasteiger charge is 2.14. The molecule has 1 fully saturated rings. The molecular weight excluding hydrogens is 204 g/mol. The van der Waals surface area contributed by atoms with Gasteiger partial charge in [0.05, 0.1) is 0 Å². The quantitative estimate of drug-likeness (QED) is 0.735. The van der Waals surface area contributed by atoms with Gasteiger partial charge in [0.15, 0.2) is 0 Å². The van der Waals surface area contributed by atoms with Gasteiger partial charge in [-0.2, -0.15) is 0 Å². The number of nitrogens with two attached hydrogens (primary N) is 1. The molecular formula is C11H16N4O. The van der Waals surface area contributed by atoms with Crippen molar-refractivity contribution in [2.75, 3.05) is 25.4 Å². The summed E-state index contributed by atoms with van der Waals surface area (Å²) in [6.07, 6.45) is 2.24. The van der Waals surface area contributed by atoms with Crippen LogP contribution in [0.1, 0.15) is 12.0 Å². The van der Waals surface area contributed by atoms with Gasteiger partial charge < -0.3 is 11.1 Å². The summed E-state index contributed by atoms with van der Waals surface area (Å²) < 4.78 is 0. The predicted octanol–water partition coefficient (Wildman–Crippen LogP) is -0.0143. The molecule has 5 nitrogen and oxygen atoms in total. The van der Waals surface area contributed by atoms with Crippen LogP contribution in [0.15, 0.2) is 18.3 Å². The Morgan fingerprint density at radius 3 is 3.19 bits per heavy atom. The van der Waals surface area contributed by atoms with E-state index in [9.17, 15) is 4.79 Å². The molecule has 86 valence electrons. The van der Waals surface area contributed by atoms with Gasteiger partial charge in [0.2, 0.25) is 5.91 Å². The molecule has 0 unspecified atom stereocenters. The fourth-order valence-electron chi connectivity index (χ4n) is 1.80. The lowest BCUT2D eigenvalue weighted by Gasteiger charge is -2.19. The minimum Gasteiger partial charge on any atom is -0.383 e. The van der Waals surface area contributed by atoms with Crippen molar-refractivity contribution >= 4 is 11.7 Å². The lowest BCUT2D eigenvalue weighted by Crippen LogP contribution is -2.28. The number of hydrogen-bond donors (Lipinski definition) is 2. The number of rotatable bonds is 2. The first-order valence-electron chi connectivity index (χ1n) is 5.44. The summed E-state index contributed by atoms with van der Waals surface area (Å²) in [5.41, 5.74) is 6.81. The highest BCUT2D eigenvalue weighted by atomic mass is 16.1. The maximum absolute atomic E-state index is 11.2. The minimum atomic E-state index is 0.127. The molecule has 0 spiro atoms. The van der Waals surface area contributed by atoms with Crippen molar-refractivity contribution in [1.82, 2.24) is 15.2 Å². The molecule has 0 aromatic carbocycles. The minimum absolute atomic E-state index is 0.127. The molecule has 1 amide bonds. The second-order valence-corrected chi connectivity index (χ2v) is 3.92. The van der Waals surface area contributed by atoms with Gasteiger partial charge in [0.1, 0.15) is 5.82 Å². The van der Waals surface area contributed by atoms with Gasteiger partial charge in [-0.15, -0.1) is 0 Å². The number of carbonyl (C=O) groups is 1. The molecule has 0 bridgehead atoms. The van der Waals surface area contributed by atoms with E-state index in [0.29, 0.717) is 18.8 Å². The Kier molecular flexibility index (Phi) is 3.36. The zero-order valence-corrected chi connectivity index (χ0v) is 9.15. The molecule has 1 aliphatic heterocycles. The molecule has 1 aliphatic rings. The van der Waals surface area contributed by atoms with E-state index in [1.807, 2.05) is 12.1 Å². The molecule has 2 heterocycles. The van der Waals surface area contributed by atoms with Gasteiger partial charge in [0.25, 0.3) is 0 Å². The number of pyridine rings is 1. The molecule has 5 heteroatoms. The van der Waals surface area contributed by atoms with Crippen LogP contribution >= 0.6 is 0 Å². The Balaban J connectivity index is 1.99. The van der Waals surface area contributed by atoms with Crippen LogP contribution in [0.2, 0.25) is 0 Å². The zero-order valence-electron chi connectivity index (χ0n) is 9.15. The number of hydrogen-bond acceptors (Lipinski definition) is 4. The summed E-state index contributed by atoms with van der Waals surface area (Å²) in [5, 5.41) is 2.85. The first-order chi connectivity index (χ1) is 7.75. The summed E-state index contributed by atoms with van der Waals surface area (Å²) in [6, 6.07) is 3.86. The first kappa shape index (κ1) is 10.9. The van der Waals surface area contributed by atoms with Gasteiger partial charge >= 0.3 is 0 Å². The topological polar surface area (TPSA) is 71.2 Å². The Morgan fingerprint density at radius 2 is 2.38 bits per heavy atom. The molecule has 1 aromatic heterocycles. The Morgan fingerprint density at radius 1 is 1.50 bits per heavy atom. The Bertz CT molecular complexity index is 380. The summed E-state index contributed by atoms with van der Waals surface area (Å²) >= 11 is 0. The van der Waals surface area contributed by atoms with Crippen molar-refractivity contribution in [3.8, 4) is 0 Å². The number of nitrogens with zero attached hydrogens (tertiary/aromatic N) is 2. The van der Waals surface area contributed by atoms with Crippen LogP contribution < -0.4 is 11.1 Å². The normalized spacial score (nSPS) is 17.9. The van der Waals surface area contributed by atoms with Crippen molar-refractivity contribution in [3.63, 3.8) is 0 Å². The average molecular weight is 220 g/mol. The van der Waals surface area contributed by atoms with Gasteiger partial charge in [-0.25, -0.2) is 4.98 Å². The molecule has 3 N–H and O–H groups in total. The lowest BCUT2D eigenvalue weighted by molar-refractivity contribution is -0.120. The second kappa shape index (κ2) is 4.94. The van der Waals surface area contributed by atoms with Crippen LogP contribution in [0.5, 0.6) is 0 Å². The number of nitrogens with one attached hydrogen (secondary N) is 1. The van der Waals surface area contributed by atoms with Gasteiger partial charge in [-0.05, 0) is 6.07 Å². The molecule has 0 saturated carbocycles. The van der Waals surface area contributed by atoms with Crippen LogP contribution in [0.4, 0.5) is 5.82 Å². The average Bonchev–Trinajstić information content (AvgIpc) is 2.47. The Labute approximate surface area is 94.6 Å². The number of amides is 1. The summed E-state index contributed by atoms with van der Waals surface area (Å²) in [5.74, 6) is 0.702. The van der Waals surface area contributed by atoms with Crippen molar-refractivity contribution in [3.05, 3.63) is 23.9 Å². The van der Waals surface area contributed by atoms with Crippen molar-refractivity contribution in [2.45, 2.75) is 13.0 Å². The lowest BCUT2D eigenvalue weighted by atomic mass is 10.2. The third-order valence-corrected chi connectivity index (χ3v) is 2.73. The third-order valence-electron chi connectivity index (χ3n) is 2.73. The molecule has 2 rings (SSSR count). The molecule has 0 atom stereocenters. The van der Waals surface area contributed by atoms with Crippen molar-refractivity contribution in [1.29, 1.82) is 0 Å². The highest BCUT2D eigenvalue weighted by molar-refractivity contribution is 5.76. The molecule has 16 heavy (non-hydrogen) atoms. The van der Waals surface area contributed by atoms with Crippen LogP contribution in [-0.4, -0.2) is 35.4 Å². The summed E-state index contributed by atoms with van der Waals surface area (Å²) in [7, 11) is 0. The maximum atomic E-state index is 11.2. The van der Waals surface area contributed by atoms with E-state index in [4.69, 9.17) is 5.73 Å². The monoisotopic (exact) mass is 220 g/mol. The number of aromatic nitrogens is 1. The van der Waals surface area contributed by atoms with E-state index < -0.39 is 0 Å². The zero-order chi connectivity index (χ0) is 11.4.